The van der Waals surface area contributed by atoms with Gasteiger partial charge in [-0.3, -0.25) is 9.36 Å². The first-order chi connectivity index (χ1) is 8.01. The van der Waals surface area contributed by atoms with Gasteiger partial charge in [-0.25, -0.2) is 0 Å². The third kappa shape index (κ3) is 3.17. The first kappa shape index (κ1) is 13.9. The Hall–Kier alpha value is -1.14. The summed E-state index contributed by atoms with van der Waals surface area (Å²) in [5.41, 5.74) is 0. The van der Waals surface area contributed by atoms with Gasteiger partial charge in [-0.1, -0.05) is 0 Å². The van der Waals surface area contributed by atoms with Crippen molar-refractivity contribution in [3.8, 4) is 11.8 Å². The number of ketones is 1. The minimum Gasteiger partial charge on any atom is -0.494 e. The average molecular weight is 258 g/mol. The molecular formula is C11H18N2O3S. The van der Waals surface area contributed by atoms with Crippen molar-refractivity contribution in [2.24, 2.45) is 0 Å². The third-order valence-corrected chi connectivity index (χ3v) is 3.69. The van der Waals surface area contributed by atoms with Gasteiger partial charge in [-0.2, -0.15) is 0 Å². The van der Waals surface area contributed by atoms with Gasteiger partial charge in [0.15, 0.2) is 5.88 Å². The molecule has 0 spiro atoms. The second-order valence-electron chi connectivity index (χ2n) is 3.70. The van der Waals surface area contributed by atoms with Crippen molar-refractivity contribution in [2.45, 2.75) is 31.3 Å². The number of carbonyl (C=O) groups is 1. The van der Waals surface area contributed by atoms with E-state index in [0.717, 1.165) is 0 Å². The zero-order valence-electron chi connectivity index (χ0n) is 10.2. The lowest BCUT2D eigenvalue weighted by molar-refractivity contribution is -0.118. The lowest BCUT2D eigenvalue weighted by Crippen LogP contribution is -2.34. The van der Waals surface area contributed by atoms with Crippen LogP contribution in [0.4, 0.5) is 0 Å². The zero-order valence-corrected chi connectivity index (χ0v) is 11.0. The number of nitrogens with one attached hydrogen (secondary N) is 1. The molecule has 0 radical (unpaired) electrons. The lowest BCUT2D eigenvalue weighted by atomic mass is 10.2. The highest BCUT2D eigenvalue weighted by Gasteiger charge is 2.17. The summed E-state index contributed by atoms with van der Waals surface area (Å²) < 4.78 is 1.41. The molecule has 0 aliphatic carbocycles. The number of aromatic hydroxyl groups is 2. The first-order valence-corrected chi connectivity index (χ1v) is 6.41. The number of Topliss-reactive ketones (excluding diaryl/α,β-unsaturated/α-hetero) is 1. The molecule has 3 N–H and O–H groups in total. The van der Waals surface area contributed by atoms with Gasteiger partial charge in [0, 0.05) is 18.4 Å². The Morgan fingerprint density at radius 3 is 2.65 bits per heavy atom. The molecule has 6 heteroatoms. The zero-order chi connectivity index (χ0) is 13.0. The van der Waals surface area contributed by atoms with Crippen LogP contribution < -0.4 is 5.32 Å². The summed E-state index contributed by atoms with van der Waals surface area (Å²) in [5, 5.41) is 22.3. The fraction of sp³-hybridized carbons (Fsp3) is 0.545. The summed E-state index contributed by atoms with van der Waals surface area (Å²) >= 11 is 1.34. The molecule has 96 valence electrons. The van der Waals surface area contributed by atoms with Crippen LogP contribution in [0, 0.1) is 0 Å². The van der Waals surface area contributed by atoms with Crippen LogP contribution >= 0.6 is 11.8 Å². The molecule has 0 saturated carbocycles. The largest absolute Gasteiger partial charge is 0.494 e. The minimum atomic E-state index is -0.244. The molecule has 1 unspecified atom stereocenters. The van der Waals surface area contributed by atoms with Crippen molar-refractivity contribution in [1.29, 1.82) is 0 Å². The fourth-order valence-electron chi connectivity index (χ4n) is 1.50. The maximum atomic E-state index is 11.2. The van der Waals surface area contributed by atoms with Gasteiger partial charge < -0.3 is 15.5 Å². The third-order valence-electron chi connectivity index (χ3n) is 2.57. The molecule has 1 aromatic heterocycles. The van der Waals surface area contributed by atoms with Crippen molar-refractivity contribution in [2.75, 3.05) is 12.8 Å². The Morgan fingerprint density at radius 2 is 2.24 bits per heavy atom. The number of nitrogens with zero attached hydrogens (tertiary/aromatic N) is 1. The van der Waals surface area contributed by atoms with Gasteiger partial charge in [-0.05, 0) is 20.9 Å². The molecule has 0 fully saturated rings. The molecule has 0 aliphatic rings. The van der Waals surface area contributed by atoms with Crippen LogP contribution in [0.2, 0.25) is 0 Å². The predicted octanol–water partition coefficient (Wildman–Crippen LogP) is 1.19. The number of aromatic nitrogens is 1. The van der Waals surface area contributed by atoms with E-state index in [0.29, 0.717) is 17.2 Å². The molecule has 0 aromatic carbocycles. The van der Waals surface area contributed by atoms with E-state index in [2.05, 4.69) is 5.32 Å². The number of hydrogen-bond acceptors (Lipinski definition) is 5. The molecule has 1 aromatic rings. The summed E-state index contributed by atoms with van der Waals surface area (Å²) in [7, 11) is 1.72. The maximum Gasteiger partial charge on any atom is 0.207 e. The molecule has 1 heterocycles. The van der Waals surface area contributed by atoms with Crippen LogP contribution in [-0.2, 0) is 11.3 Å². The number of hydrogen-bond donors (Lipinski definition) is 3. The molecule has 5 nitrogen and oxygen atoms in total. The number of rotatable bonds is 6. The van der Waals surface area contributed by atoms with Crippen molar-refractivity contribution < 1.29 is 15.0 Å². The summed E-state index contributed by atoms with van der Waals surface area (Å²) in [5.74, 6) is 0.662. The Morgan fingerprint density at radius 1 is 1.59 bits per heavy atom. The summed E-state index contributed by atoms with van der Waals surface area (Å²) in [4.78, 5) is 11.8. The maximum absolute atomic E-state index is 11.2. The molecule has 0 aliphatic heterocycles. The monoisotopic (exact) mass is 258 g/mol. The Labute approximate surface area is 105 Å². The lowest BCUT2D eigenvalue weighted by Gasteiger charge is -2.11. The van der Waals surface area contributed by atoms with Gasteiger partial charge in [0.05, 0.1) is 10.9 Å². The van der Waals surface area contributed by atoms with Crippen LogP contribution in [0.1, 0.15) is 13.8 Å². The van der Waals surface area contributed by atoms with E-state index < -0.39 is 0 Å². The Bertz CT molecular complexity index is 404. The van der Waals surface area contributed by atoms with Crippen LogP contribution in [0.3, 0.4) is 0 Å². The summed E-state index contributed by atoms with van der Waals surface area (Å²) in [6.45, 7) is 3.86. The molecule has 0 saturated heterocycles. The van der Waals surface area contributed by atoms with Crippen LogP contribution in [0.15, 0.2) is 11.0 Å². The molecule has 0 amide bonds. The van der Waals surface area contributed by atoms with Crippen molar-refractivity contribution in [3.05, 3.63) is 6.07 Å². The Kier molecular flexibility index (Phi) is 4.89. The van der Waals surface area contributed by atoms with Gasteiger partial charge in [0.1, 0.15) is 5.78 Å². The van der Waals surface area contributed by atoms with Crippen LogP contribution in [0.25, 0.3) is 0 Å². The average Bonchev–Trinajstić information content (AvgIpc) is 2.54. The van der Waals surface area contributed by atoms with E-state index in [4.69, 9.17) is 0 Å². The van der Waals surface area contributed by atoms with Gasteiger partial charge in [0.2, 0.25) is 5.88 Å². The molecule has 17 heavy (non-hydrogen) atoms. The van der Waals surface area contributed by atoms with Crippen molar-refractivity contribution in [1.82, 2.24) is 9.88 Å². The highest BCUT2D eigenvalue weighted by atomic mass is 32.2. The smallest absolute Gasteiger partial charge is 0.207 e. The highest BCUT2D eigenvalue weighted by molar-refractivity contribution is 7.99. The van der Waals surface area contributed by atoms with Gasteiger partial charge in [-0.15, -0.1) is 11.8 Å². The van der Waals surface area contributed by atoms with Gasteiger partial charge in [0.25, 0.3) is 0 Å². The number of carbonyl (C=O) groups excluding carboxylic acids is 1. The van der Waals surface area contributed by atoms with Crippen molar-refractivity contribution in [3.63, 3.8) is 0 Å². The predicted molar refractivity (Wildman–Crippen MR) is 67.7 cm³/mol. The highest BCUT2D eigenvalue weighted by Crippen LogP contribution is 2.35. The Balaban J connectivity index is 2.72. The van der Waals surface area contributed by atoms with E-state index >= 15 is 0 Å². The second-order valence-corrected chi connectivity index (χ2v) is 4.76. The van der Waals surface area contributed by atoms with Gasteiger partial charge >= 0.3 is 0 Å². The molecule has 0 bridgehead atoms. The SMILES string of the molecule is CCn1c(O)cc(SCC(NC)C(C)=O)c1O. The van der Waals surface area contributed by atoms with Crippen LogP contribution in [0.5, 0.6) is 11.8 Å². The standard InChI is InChI=1S/C11H18N2O3S/c1-4-13-10(15)5-9(11(13)16)17-6-8(12-3)7(2)14/h5,8,12,15-16H,4,6H2,1-3H3. The van der Waals surface area contributed by atoms with E-state index in [1.807, 2.05) is 6.92 Å². The molecule has 1 atom stereocenters. The van der Waals surface area contributed by atoms with Crippen molar-refractivity contribution >= 4 is 17.5 Å². The quantitative estimate of drug-likeness (QED) is 0.668. The van der Waals surface area contributed by atoms with Crippen LogP contribution in [-0.4, -0.2) is 39.4 Å². The first-order valence-electron chi connectivity index (χ1n) is 5.43. The van der Waals surface area contributed by atoms with E-state index in [-0.39, 0.29) is 23.6 Å². The normalized spacial score (nSPS) is 12.6. The van der Waals surface area contributed by atoms with E-state index in [1.54, 1.807) is 7.05 Å². The molecule has 1 rings (SSSR count). The number of thioether (sulfide) groups is 1. The van der Waals surface area contributed by atoms with E-state index in [9.17, 15) is 15.0 Å². The summed E-state index contributed by atoms with van der Waals surface area (Å²) in [6, 6.07) is 1.27. The fourth-order valence-corrected chi connectivity index (χ4v) is 2.67. The van der Waals surface area contributed by atoms with E-state index in [1.165, 1.54) is 29.3 Å². The topological polar surface area (TPSA) is 74.5 Å². The number of likely N-dealkylation sites (N-methyl/N-ethyl adjacent to an activating group) is 1. The minimum absolute atomic E-state index is 0.0383. The second kappa shape index (κ2) is 5.97. The summed E-state index contributed by atoms with van der Waals surface area (Å²) in [6.07, 6.45) is 0. The molecular weight excluding hydrogens is 240 g/mol.